The fourth-order valence-corrected chi connectivity index (χ4v) is 4.51. The molecule has 0 fully saturated rings. The van der Waals surface area contributed by atoms with Crippen LogP contribution < -0.4 is 4.90 Å². The number of amides is 1. The monoisotopic (exact) mass is 417 g/mol. The maximum Gasteiger partial charge on any atom is 0.338 e. The van der Waals surface area contributed by atoms with E-state index in [-0.39, 0.29) is 5.75 Å². The highest BCUT2D eigenvalue weighted by Gasteiger charge is 2.31. The normalized spacial score (nSPS) is 17.2. The van der Waals surface area contributed by atoms with Crippen molar-refractivity contribution in [2.24, 2.45) is 0 Å². The standard InChI is InChI=1S/C20H19NO5S2/c1-27-18-9-7-15(8-10-18)20(23)26-13-19(22)21(16-5-3-2-4-6-16)17-11-12-28(24,25)14-17/h2-12,17H,13-14H2,1H3/t17-/m0/s1. The van der Waals surface area contributed by atoms with Crippen molar-refractivity contribution in [2.75, 3.05) is 23.5 Å². The van der Waals surface area contributed by atoms with Crippen LogP contribution in [0.3, 0.4) is 0 Å². The average molecular weight is 418 g/mol. The molecular formula is C20H19NO5S2. The van der Waals surface area contributed by atoms with Crippen LogP contribution in [0.4, 0.5) is 5.69 Å². The summed E-state index contributed by atoms with van der Waals surface area (Å²) in [4.78, 5) is 27.4. The zero-order chi connectivity index (χ0) is 20.1. The highest BCUT2D eigenvalue weighted by Crippen LogP contribution is 2.23. The number of rotatable bonds is 6. The molecule has 0 radical (unpaired) electrons. The highest BCUT2D eigenvalue weighted by atomic mass is 32.2. The van der Waals surface area contributed by atoms with E-state index in [9.17, 15) is 18.0 Å². The van der Waals surface area contributed by atoms with Crippen molar-refractivity contribution in [3.63, 3.8) is 0 Å². The Hall–Kier alpha value is -2.58. The SMILES string of the molecule is CSc1ccc(C(=O)OCC(=O)N(c2ccccc2)[C@H]2C=CS(=O)(=O)C2)cc1. The third-order valence-corrected chi connectivity index (χ3v) is 6.32. The molecule has 146 valence electrons. The number of hydrogen-bond donors (Lipinski definition) is 0. The Morgan fingerprint density at radius 3 is 2.36 bits per heavy atom. The van der Waals surface area contributed by atoms with Crippen molar-refractivity contribution < 1.29 is 22.7 Å². The lowest BCUT2D eigenvalue weighted by molar-refractivity contribution is -0.121. The maximum absolute atomic E-state index is 12.8. The Morgan fingerprint density at radius 1 is 1.11 bits per heavy atom. The molecule has 0 spiro atoms. The molecule has 1 atom stereocenters. The van der Waals surface area contributed by atoms with Crippen LogP contribution in [0.5, 0.6) is 0 Å². The number of nitrogens with zero attached hydrogens (tertiary/aromatic N) is 1. The van der Waals surface area contributed by atoms with Crippen molar-refractivity contribution in [3.8, 4) is 0 Å². The van der Waals surface area contributed by atoms with Crippen molar-refractivity contribution >= 4 is 39.2 Å². The Morgan fingerprint density at radius 2 is 1.79 bits per heavy atom. The van der Waals surface area contributed by atoms with E-state index in [0.717, 1.165) is 10.3 Å². The quantitative estimate of drug-likeness (QED) is 0.531. The maximum atomic E-state index is 12.8. The molecule has 1 amide bonds. The molecule has 6 nitrogen and oxygen atoms in total. The van der Waals surface area contributed by atoms with Gasteiger partial charge in [-0.3, -0.25) is 4.79 Å². The fourth-order valence-electron chi connectivity index (χ4n) is 2.84. The summed E-state index contributed by atoms with van der Waals surface area (Å²) in [6.07, 6.45) is 3.41. The van der Waals surface area contributed by atoms with Gasteiger partial charge in [-0.15, -0.1) is 11.8 Å². The number of carbonyl (C=O) groups excluding carboxylic acids is 2. The summed E-state index contributed by atoms with van der Waals surface area (Å²) in [5.74, 6) is -1.30. The van der Waals surface area contributed by atoms with Crippen LogP contribution in [0, 0.1) is 0 Å². The summed E-state index contributed by atoms with van der Waals surface area (Å²) in [5, 5.41) is 1.11. The first kappa shape index (κ1) is 20.2. The van der Waals surface area contributed by atoms with Gasteiger partial charge in [0.25, 0.3) is 5.91 Å². The Balaban J connectivity index is 1.72. The molecule has 0 unspecified atom stereocenters. The van der Waals surface area contributed by atoms with Crippen LogP contribution in [0.2, 0.25) is 0 Å². The predicted octanol–water partition coefficient (Wildman–Crippen LogP) is 2.91. The summed E-state index contributed by atoms with van der Waals surface area (Å²) >= 11 is 1.55. The fraction of sp³-hybridized carbons (Fsp3) is 0.200. The summed E-state index contributed by atoms with van der Waals surface area (Å²) in [6.45, 7) is -0.484. The molecule has 0 N–H and O–H groups in total. The summed E-state index contributed by atoms with van der Waals surface area (Å²) in [5.41, 5.74) is 0.889. The van der Waals surface area contributed by atoms with Gasteiger partial charge < -0.3 is 9.64 Å². The summed E-state index contributed by atoms with van der Waals surface area (Å²) < 4.78 is 28.7. The van der Waals surface area contributed by atoms with Crippen LogP contribution in [-0.4, -0.2) is 45.0 Å². The molecule has 0 saturated heterocycles. The first-order valence-electron chi connectivity index (χ1n) is 8.49. The van der Waals surface area contributed by atoms with Gasteiger partial charge in [0.05, 0.1) is 17.4 Å². The molecule has 1 aliphatic heterocycles. The number of thioether (sulfide) groups is 1. The van der Waals surface area contributed by atoms with E-state index in [1.807, 2.05) is 6.26 Å². The lowest BCUT2D eigenvalue weighted by Crippen LogP contribution is -2.43. The Labute approximate surface area is 168 Å². The van der Waals surface area contributed by atoms with Crippen molar-refractivity contribution in [2.45, 2.75) is 10.9 Å². The van der Waals surface area contributed by atoms with Gasteiger partial charge in [0.2, 0.25) is 0 Å². The molecule has 0 saturated carbocycles. The second-order valence-corrected chi connectivity index (χ2v) is 8.94. The Bertz CT molecular complexity index is 985. The number of para-hydroxylation sites is 1. The van der Waals surface area contributed by atoms with Gasteiger partial charge in [0.15, 0.2) is 16.4 Å². The second kappa shape index (κ2) is 8.62. The number of sulfone groups is 1. The van der Waals surface area contributed by atoms with E-state index >= 15 is 0 Å². The number of esters is 1. The molecular weight excluding hydrogens is 398 g/mol. The number of carbonyl (C=O) groups is 2. The first-order valence-corrected chi connectivity index (χ1v) is 11.4. The molecule has 28 heavy (non-hydrogen) atoms. The van der Waals surface area contributed by atoms with Gasteiger partial charge >= 0.3 is 5.97 Å². The molecule has 0 aliphatic carbocycles. The van der Waals surface area contributed by atoms with Crippen molar-refractivity contribution in [1.82, 2.24) is 0 Å². The van der Waals surface area contributed by atoms with Crippen molar-refractivity contribution in [1.29, 1.82) is 0 Å². The molecule has 2 aromatic rings. The van der Waals surface area contributed by atoms with Crippen LogP contribution in [0.25, 0.3) is 0 Å². The summed E-state index contributed by atoms with van der Waals surface area (Å²) in [6, 6.07) is 15.0. The van der Waals surface area contributed by atoms with E-state index in [4.69, 9.17) is 4.74 Å². The molecule has 0 bridgehead atoms. The largest absolute Gasteiger partial charge is 0.452 e. The van der Waals surface area contributed by atoms with Gasteiger partial charge in [0.1, 0.15) is 0 Å². The summed E-state index contributed by atoms with van der Waals surface area (Å²) in [7, 11) is -3.35. The molecule has 0 aromatic heterocycles. The zero-order valence-corrected chi connectivity index (χ0v) is 16.8. The van der Waals surface area contributed by atoms with Gasteiger partial charge in [-0.2, -0.15) is 0 Å². The van der Waals surface area contributed by atoms with E-state index in [0.29, 0.717) is 11.3 Å². The minimum atomic E-state index is -3.35. The Kier molecular flexibility index (Phi) is 6.21. The number of benzene rings is 2. The lowest BCUT2D eigenvalue weighted by Gasteiger charge is -2.27. The zero-order valence-electron chi connectivity index (χ0n) is 15.1. The van der Waals surface area contributed by atoms with E-state index in [1.54, 1.807) is 66.4 Å². The molecule has 1 heterocycles. The topological polar surface area (TPSA) is 80.8 Å². The van der Waals surface area contributed by atoms with Crippen LogP contribution in [0.15, 0.2) is 71.0 Å². The number of anilines is 1. The average Bonchev–Trinajstić information content (AvgIpc) is 3.06. The van der Waals surface area contributed by atoms with E-state index in [2.05, 4.69) is 0 Å². The first-order chi connectivity index (χ1) is 13.4. The van der Waals surface area contributed by atoms with Gasteiger partial charge in [-0.1, -0.05) is 18.2 Å². The number of ether oxygens (including phenoxy) is 1. The highest BCUT2D eigenvalue weighted by molar-refractivity contribution is 7.98. The lowest BCUT2D eigenvalue weighted by atomic mass is 10.2. The van der Waals surface area contributed by atoms with Gasteiger partial charge in [0, 0.05) is 16.0 Å². The van der Waals surface area contributed by atoms with Crippen LogP contribution >= 0.6 is 11.8 Å². The third kappa shape index (κ3) is 4.82. The van der Waals surface area contributed by atoms with Crippen LogP contribution in [0.1, 0.15) is 10.4 Å². The van der Waals surface area contributed by atoms with E-state index in [1.165, 1.54) is 11.0 Å². The minimum absolute atomic E-state index is 0.197. The molecule has 2 aromatic carbocycles. The smallest absolute Gasteiger partial charge is 0.338 e. The van der Waals surface area contributed by atoms with Crippen molar-refractivity contribution in [3.05, 3.63) is 71.6 Å². The van der Waals surface area contributed by atoms with Crippen LogP contribution in [-0.2, 0) is 19.4 Å². The van der Waals surface area contributed by atoms with Gasteiger partial charge in [-0.25, -0.2) is 13.2 Å². The number of hydrogen-bond acceptors (Lipinski definition) is 6. The molecule has 8 heteroatoms. The predicted molar refractivity (Wildman–Crippen MR) is 109 cm³/mol. The molecule has 1 aliphatic rings. The molecule has 3 rings (SSSR count). The van der Waals surface area contributed by atoms with Gasteiger partial charge in [-0.05, 0) is 48.7 Å². The van der Waals surface area contributed by atoms with E-state index < -0.39 is 34.4 Å². The second-order valence-electron chi connectivity index (χ2n) is 6.13. The third-order valence-electron chi connectivity index (χ3n) is 4.20. The minimum Gasteiger partial charge on any atom is -0.452 e.